The Hall–Kier alpha value is -1.12. The second-order valence-corrected chi connectivity index (χ2v) is 7.52. The normalized spacial score (nSPS) is 27.9. The minimum Gasteiger partial charge on any atom is -0.313 e. The quantitative estimate of drug-likeness (QED) is 0.886. The van der Waals surface area contributed by atoms with Crippen LogP contribution in [-0.4, -0.2) is 12.6 Å². The number of hydrogen-bond donors (Lipinski definition) is 1. The lowest BCUT2D eigenvalue weighted by Crippen LogP contribution is -2.47. The average Bonchev–Trinajstić information content (AvgIpc) is 3.06. The van der Waals surface area contributed by atoms with E-state index in [0.29, 0.717) is 6.04 Å². The number of aryl methyl sites for hydroxylation is 2. The fraction of sp³-hybridized carbons (Fsp3) is 0.474. The minimum absolute atomic E-state index is 0.710. The maximum absolute atomic E-state index is 3.79. The molecule has 0 radical (unpaired) electrons. The zero-order valence-electron chi connectivity index (χ0n) is 12.4. The molecule has 1 saturated heterocycles. The fourth-order valence-corrected chi connectivity index (χ4v) is 5.07. The number of nitrogens with one attached hydrogen (secondary N) is 1. The van der Waals surface area contributed by atoms with Crippen LogP contribution >= 0.6 is 11.3 Å². The van der Waals surface area contributed by atoms with Crippen molar-refractivity contribution in [1.82, 2.24) is 5.32 Å². The molecule has 2 heterocycles. The van der Waals surface area contributed by atoms with E-state index < -0.39 is 0 Å². The largest absolute Gasteiger partial charge is 0.313 e. The molecule has 0 bridgehead atoms. The van der Waals surface area contributed by atoms with Gasteiger partial charge in [-0.25, -0.2) is 0 Å². The predicted octanol–water partition coefficient (Wildman–Crippen LogP) is 4.39. The average molecular weight is 297 g/mol. The molecule has 1 fully saturated rings. The van der Waals surface area contributed by atoms with Gasteiger partial charge in [0.1, 0.15) is 0 Å². The van der Waals surface area contributed by atoms with Crippen LogP contribution in [0.15, 0.2) is 41.8 Å². The molecule has 1 N–H and O–H groups in total. The maximum atomic E-state index is 3.79. The Balaban J connectivity index is 1.56. The summed E-state index contributed by atoms with van der Waals surface area (Å²) in [5.74, 6) is 1.59. The van der Waals surface area contributed by atoms with Crippen molar-refractivity contribution >= 4 is 11.3 Å². The topological polar surface area (TPSA) is 12.0 Å². The molecule has 0 spiro atoms. The van der Waals surface area contributed by atoms with Crippen LogP contribution in [0.4, 0.5) is 0 Å². The number of thiophene rings is 1. The van der Waals surface area contributed by atoms with E-state index in [-0.39, 0.29) is 0 Å². The third-order valence-electron chi connectivity index (χ3n) is 5.34. The van der Waals surface area contributed by atoms with Crippen LogP contribution in [0.1, 0.15) is 41.2 Å². The van der Waals surface area contributed by atoms with Crippen LogP contribution < -0.4 is 5.32 Å². The molecule has 0 amide bonds. The third-order valence-corrected chi connectivity index (χ3v) is 6.28. The predicted molar refractivity (Wildman–Crippen MR) is 90.0 cm³/mol. The lowest BCUT2D eigenvalue weighted by Gasteiger charge is -2.43. The molecule has 2 aromatic rings. The summed E-state index contributed by atoms with van der Waals surface area (Å²) in [5, 5.41) is 5.99. The molecular weight excluding hydrogens is 274 g/mol. The SMILES string of the molecule is c1csc(CCC2CCNC3CCc4ccccc4C23)c1. The second kappa shape index (κ2) is 5.94. The number of benzene rings is 1. The molecule has 1 aromatic heterocycles. The molecule has 0 saturated carbocycles. The first-order valence-electron chi connectivity index (χ1n) is 8.25. The molecule has 2 heteroatoms. The van der Waals surface area contributed by atoms with Gasteiger partial charge in [-0.3, -0.25) is 0 Å². The van der Waals surface area contributed by atoms with Crippen LogP contribution in [0.5, 0.6) is 0 Å². The second-order valence-electron chi connectivity index (χ2n) is 6.49. The maximum Gasteiger partial charge on any atom is 0.0142 e. The smallest absolute Gasteiger partial charge is 0.0142 e. The van der Waals surface area contributed by atoms with Gasteiger partial charge in [0, 0.05) is 16.8 Å². The zero-order valence-corrected chi connectivity index (χ0v) is 13.2. The van der Waals surface area contributed by atoms with Gasteiger partial charge < -0.3 is 5.32 Å². The van der Waals surface area contributed by atoms with E-state index in [4.69, 9.17) is 0 Å². The Labute approximate surface area is 131 Å². The van der Waals surface area contributed by atoms with Crippen molar-refractivity contribution in [2.75, 3.05) is 6.54 Å². The number of hydrogen-bond acceptors (Lipinski definition) is 2. The number of fused-ring (bicyclic) bond motifs is 3. The van der Waals surface area contributed by atoms with E-state index in [1.807, 2.05) is 11.3 Å². The number of piperidine rings is 1. The first kappa shape index (κ1) is 13.5. The Morgan fingerprint density at radius 3 is 2.95 bits per heavy atom. The van der Waals surface area contributed by atoms with Crippen molar-refractivity contribution in [1.29, 1.82) is 0 Å². The Bertz CT molecular complexity index is 589. The van der Waals surface area contributed by atoms with Gasteiger partial charge >= 0.3 is 0 Å². The Morgan fingerprint density at radius 2 is 2.05 bits per heavy atom. The first-order chi connectivity index (χ1) is 10.4. The van der Waals surface area contributed by atoms with Crippen molar-refractivity contribution < 1.29 is 0 Å². The lowest BCUT2D eigenvalue weighted by molar-refractivity contribution is 0.223. The summed E-state index contributed by atoms with van der Waals surface area (Å²) in [7, 11) is 0. The molecule has 110 valence electrons. The standard InChI is InChI=1S/C19H23NS/c1-2-6-17-14(4-1)8-10-18-19(17)15(11-12-20-18)7-9-16-5-3-13-21-16/h1-6,13,15,18-20H,7-12H2. The fourth-order valence-electron chi connectivity index (χ4n) is 4.35. The molecule has 3 unspecified atom stereocenters. The van der Waals surface area contributed by atoms with Gasteiger partial charge in [-0.05, 0) is 67.1 Å². The summed E-state index contributed by atoms with van der Waals surface area (Å²) in [6.07, 6.45) is 6.51. The van der Waals surface area contributed by atoms with Crippen LogP contribution in [-0.2, 0) is 12.8 Å². The molecule has 4 rings (SSSR count). The summed E-state index contributed by atoms with van der Waals surface area (Å²) in [6.45, 7) is 1.21. The van der Waals surface area contributed by atoms with Gasteiger partial charge in [0.25, 0.3) is 0 Å². The van der Waals surface area contributed by atoms with E-state index in [2.05, 4.69) is 47.1 Å². The van der Waals surface area contributed by atoms with Crippen molar-refractivity contribution in [3.05, 3.63) is 57.8 Å². The lowest BCUT2D eigenvalue weighted by atomic mass is 9.68. The highest BCUT2D eigenvalue weighted by Gasteiger charge is 2.37. The van der Waals surface area contributed by atoms with Crippen LogP contribution in [0.25, 0.3) is 0 Å². The third kappa shape index (κ3) is 2.67. The zero-order chi connectivity index (χ0) is 14.1. The number of rotatable bonds is 3. The molecule has 1 aliphatic heterocycles. The summed E-state index contributed by atoms with van der Waals surface area (Å²) in [4.78, 5) is 1.55. The van der Waals surface area contributed by atoms with Crippen molar-refractivity contribution in [2.24, 2.45) is 5.92 Å². The molecule has 1 aromatic carbocycles. The van der Waals surface area contributed by atoms with E-state index in [0.717, 1.165) is 11.8 Å². The van der Waals surface area contributed by atoms with Crippen molar-refractivity contribution in [2.45, 2.75) is 44.1 Å². The monoisotopic (exact) mass is 297 g/mol. The van der Waals surface area contributed by atoms with Gasteiger partial charge in [0.05, 0.1) is 0 Å². The van der Waals surface area contributed by atoms with E-state index in [9.17, 15) is 0 Å². The van der Waals surface area contributed by atoms with Crippen LogP contribution in [0.3, 0.4) is 0 Å². The van der Waals surface area contributed by atoms with Crippen molar-refractivity contribution in [3.8, 4) is 0 Å². The van der Waals surface area contributed by atoms with Gasteiger partial charge in [0.2, 0.25) is 0 Å². The van der Waals surface area contributed by atoms with Crippen molar-refractivity contribution in [3.63, 3.8) is 0 Å². The highest BCUT2D eigenvalue weighted by molar-refractivity contribution is 7.09. The van der Waals surface area contributed by atoms with Gasteiger partial charge in [-0.15, -0.1) is 11.3 Å². The van der Waals surface area contributed by atoms with Gasteiger partial charge in [-0.2, -0.15) is 0 Å². The summed E-state index contributed by atoms with van der Waals surface area (Å²) in [5.41, 5.74) is 3.24. The Kier molecular flexibility index (Phi) is 3.83. The molecule has 21 heavy (non-hydrogen) atoms. The van der Waals surface area contributed by atoms with E-state index in [1.165, 1.54) is 38.6 Å². The minimum atomic E-state index is 0.710. The van der Waals surface area contributed by atoms with E-state index in [1.54, 1.807) is 16.0 Å². The van der Waals surface area contributed by atoms with E-state index >= 15 is 0 Å². The van der Waals surface area contributed by atoms with Gasteiger partial charge in [-0.1, -0.05) is 30.3 Å². The summed E-state index contributed by atoms with van der Waals surface area (Å²) < 4.78 is 0. The molecular formula is C19H23NS. The first-order valence-corrected chi connectivity index (χ1v) is 9.13. The molecule has 3 atom stereocenters. The molecule has 1 nitrogen and oxygen atoms in total. The highest BCUT2D eigenvalue weighted by Crippen LogP contribution is 2.42. The molecule has 1 aliphatic carbocycles. The Morgan fingerprint density at radius 1 is 1.10 bits per heavy atom. The van der Waals surface area contributed by atoms with Gasteiger partial charge in [0.15, 0.2) is 0 Å². The van der Waals surface area contributed by atoms with Crippen LogP contribution in [0, 0.1) is 5.92 Å². The summed E-state index contributed by atoms with van der Waals surface area (Å²) in [6, 6.07) is 14.3. The van der Waals surface area contributed by atoms with Crippen LogP contribution in [0.2, 0.25) is 0 Å². The highest BCUT2D eigenvalue weighted by atomic mass is 32.1. The summed E-state index contributed by atoms with van der Waals surface area (Å²) >= 11 is 1.91. The molecule has 2 aliphatic rings.